The third-order valence-electron chi connectivity index (χ3n) is 5.15. The van der Waals surface area contributed by atoms with E-state index >= 15 is 0 Å². The number of nitrogens with one attached hydrogen (secondary N) is 2. The van der Waals surface area contributed by atoms with E-state index < -0.39 is 0 Å². The highest BCUT2D eigenvalue weighted by atomic mass is 16.5. The standard InChI is InChI=1S/C22H28N6O/c1-3-23-22(24-13-17-9-6-8-16-7-4-5-10-19(16)17)25-18-11-12-21-26-20(15-29-2)27-28(21)14-18/h4-10,18H,3,11-15H2,1-2H3,(H2,23,24,25). The van der Waals surface area contributed by atoms with Crippen LogP contribution in [-0.2, 0) is 30.9 Å². The molecule has 0 fully saturated rings. The van der Waals surface area contributed by atoms with Crippen molar-refractivity contribution in [2.45, 2.75) is 45.5 Å². The van der Waals surface area contributed by atoms with Crippen molar-refractivity contribution < 1.29 is 4.74 Å². The molecule has 0 bridgehead atoms. The van der Waals surface area contributed by atoms with E-state index in [4.69, 9.17) is 9.73 Å². The average Bonchev–Trinajstić information content (AvgIpc) is 3.14. The lowest BCUT2D eigenvalue weighted by Gasteiger charge is -2.25. The first-order valence-corrected chi connectivity index (χ1v) is 10.2. The van der Waals surface area contributed by atoms with E-state index in [1.165, 1.54) is 16.3 Å². The van der Waals surface area contributed by atoms with Crippen LogP contribution in [0.15, 0.2) is 47.5 Å². The summed E-state index contributed by atoms with van der Waals surface area (Å²) in [5.74, 6) is 2.62. The molecular formula is C22H28N6O. The molecule has 0 aliphatic carbocycles. The predicted octanol–water partition coefficient (Wildman–Crippen LogP) is 2.65. The van der Waals surface area contributed by atoms with Crippen LogP contribution in [0.1, 0.15) is 30.6 Å². The summed E-state index contributed by atoms with van der Waals surface area (Å²) in [5.41, 5.74) is 1.23. The van der Waals surface area contributed by atoms with Crippen LogP contribution in [0.25, 0.3) is 10.8 Å². The van der Waals surface area contributed by atoms with Gasteiger partial charge < -0.3 is 15.4 Å². The average molecular weight is 393 g/mol. The molecule has 2 N–H and O–H groups in total. The van der Waals surface area contributed by atoms with Crippen molar-refractivity contribution in [3.8, 4) is 0 Å². The number of guanidine groups is 1. The minimum absolute atomic E-state index is 0.268. The molecule has 0 spiro atoms. The van der Waals surface area contributed by atoms with Crippen molar-refractivity contribution in [2.24, 2.45) is 4.99 Å². The van der Waals surface area contributed by atoms with Crippen molar-refractivity contribution in [1.82, 2.24) is 25.4 Å². The van der Waals surface area contributed by atoms with Gasteiger partial charge in [-0.15, -0.1) is 0 Å². The lowest BCUT2D eigenvalue weighted by Crippen LogP contribution is -2.47. The van der Waals surface area contributed by atoms with Gasteiger partial charge in [0.1, 0.15) is 12.4 Å². The molecule has 152 valence electrons. The fraction of sp³-hybridized carbons (Fsp3) is 0.409. The van der Waals surface area contributed by atoms with Crippen molar-refractivity contribution in [3.05, 3.63) is 59.7 Å². The predicted molar refractivity (Wildman–Crippen MR) is 115 cm³/mol. The number of nitrogens with zero attached hydrogens (tertiary/aromatic N) is 4. The van der Waals surface area contributed by atoms with E-state index in [-0.39, 0.29) is 6.04 Å². The molecule has 1 unspecified atom stereocenters. The van der Waals surface area contributed by atoms with Crippen LogP contribution in [0.3, 0.4) is 0 Å². The fourth-order valence-electron chi connectivity index (χ4n) is 3.78. The summed E-state index contributed by atoms with van der Waals surface area (Å²) in [5, 5.41) is 14.0. The van der Waals surface area contributed by atoms with E-state index in [9.17, 15) is 0 Å². The van der Waals surface area contributed by atoms with Gasteiger partial charge in [-0.3, -0.25) is 0 Å². The Morgan fingerprint density at radius 3 is 2.97 bits per heavy atom. The Balaban J connectivity index is 1.46. The molecule has 1 aromatic heterocycles. The van der Waals surface area contributed by atoms with Gasteiger partial charge in [-0.05, 0) is 29.7 Å². The van der Waals surface area contributed by atoms with Crippen molar-refractivity contribution in [3.63, 3.8) is 0 Å². The molecule has 3 aromatic rings. The third-order valence-corrected chi connectivity index (χ3v) is 5.15. The topological polar surface area (TPSA) is 76.4 Å². The molecule has 1 aliphatic rings. The molecular weight excluding hydrogens is 364 g/mol. The minimum atomic E-state index is 0.268. The van der Waals surface area contributed by atoms with Gasteiger partial charge in [-0.25, -0.2) is 14.7 Å². The maximum Gasteiger partial charge on any atom is 0.191 e. The minimum Gasteiger partial charge on any atom is -0.377 e. The van der Waals surface area contributed by atoms with Crippen LogP contribution in [-0.4, -0.2) is 40.4 Å². The number of ether oxygens (including phenoxy) is 1. The highest BCUT2D eigenvalue weighted by Crippen LogP contribution is 2.19. The molecule has 0 amide bonds. The van der Waals surface area contributed by atoms with Crippen LogP contribution < -0.4 is 10.6 Å². The van der Waals surface area contributed by atoms with Gasteiger partial charge >= 0.3 is 0 Å². The summed E-state index contributed by atoms with van der Waals surface area (Å²) in [6, 6.07) is 15.1. The van der Waals surface area contributed by atoms with Gasteiger partial charge in [0, 0.05) is 26.1 Å². The SMILES string of the molecule is CCNC(=NCc1cccc2ccccc12)NC1CCc2nc(COC)nn2C1. The largest absolute Gasteiger partial charge is 0.377 e. The zero-order chi connectivity index (χ0) is 20.1. The number of fused-ring (bicyclic) bond motifs is 2. The number of aromatic nitrogens is 3. The second-order valence-electron chi connectivity index (χ2n) is 7.27. The molecule has 2 aromatic carbocycles. The molecule has 0 saturated carbocycles. The summed E-state index contributed by atoms with van der Waals surface area (Å²) in [6.07, 6.45) is 1.90. The smallest absolute Gasteiger partial charge is 0.191 e. The molecule has 0 saturated heterocycles. The summed E-state index contributed by atoms with van der Waals surface area (Å²) in [7, 11) is 1.67. The zero-order valence-corrected chi connectivity index (χ0v) is 17.1. The summed E-state index contributed by atoms with van der Waals surface area (Å²) >= 11 is 0. The molecule has 7 nitrogen and oxygen atoms in total. The summed E-state index contributed by atoms with van der Waals surface area (Å²) < 4.78 is 7.14. The summed E-state index contributed by atoms with van der Waals surface area (Å²) in [4.78, 5) is 9.40. The van der Waals surface area contributed by atoms with Crippen molar-refractivity contribution >= 4 is 16.7 Å². The van der Waals surface area contributed by atoms with E-state index in [1.807, 2.05) is 4.68 Å². The van der Waals surface area contributed by atoms with Gasteiger partial charge in [0.25, 0.3) is 0 Å². The number of hydrogen-bond acceptors (Lipinski definition) is 4. The Morgan fingerprint density at radius 1 is 1.24 bits per heavy atom. The van der Waals surface area contributed by atoms with Gasteiger partial charge in [0.05, 0.1) is 13.1 Å². The first-order valence-electron chi connectivity index (χ1n) is 10.2. The van der Waals surface area contributed by atoms with Crippen molar-refractivity contribution in [2.75, 3.05) is 13.7 Å². The van der Waals surface area contributed by atoms with Gasteiger partial charge in [-0.1, -0.05) is 42.5 Å². The number of benzene rings is 2. The van der Waals surface area contributed by atoms with Gasteiger partial charge in [-0.2, -0.15) is 5.10 Å². The number of aliphatic imine (C=N–C) groups is 1. The number of rotatable bonds is 6. The fourth-order valence-corrected chi connectivity index (χ4v) is 3.78. The van der Waals surface area contributed by atoms with E-state index in [1.54, 1.807) is 7.11 Å². The lowest BCUT2D eigenvalue weighted by molar-refractivity contribution is 0.177. The molecule has 29 heavy (non-hydrogen) atoms. The molecule has 1 aliphatic heterocycles. The zero-order valence-electron chi connectivity index (χ0n) is 17.1. The second kappa shape index (κ2) is 9.05. The van der Waals surface area contributed by atoms with Gasteiger partial charge in [0.15, 0.2) is 11.8 Å². The Kier molecular flexibility index (Phi) is 6.05. The highest BCUT2D eigenvalue weighted by Gasteiger charge is 2.22. The quantitative estimate of drug-likeness (QED) is 0.498. The Bertz CT molecular complexity index is 991. The maximum atomic E-state index is 5.15. The van der Waals surface area contributed by atoms with Gasteiger partial charge in [0.2, 0.25) is 0 Å². The first-order chi connectivity index (χ1) is 14.3. The Hall–Kier alpha value is -2.93. The monoisotopic (exact) mass is 392 g/mol. The maximum absolute atomic E-state index is 5.15. The normalized spacial score (nSPS) is 16.6. The summed E-state index contributed by atoms with van der Waals surface area (Å²) in [6.45, 7) is 4.77. The number of methoxy groups -OCH3 is 1. The third kappa shape index (κ3) is 4.56. The van der Waals surface area contributed by atoms with Crippen molar-refractivity contribution in [1.29, 1.82) is 0 Å². The number of hydrogen-bond donors (Lipinski definition) is 2. The van der Waals surface area contributed by atoms with Crippen LogP contribution in [0.4, 0.5) is 0 Å². The molecule has 0 radical (unpaired) electrons. The molecule has 1 atom stereocenters. The Labute approximate surface area is 171 Å². The van der Waals surface area contributed by atoms with Crippen LogP contribution in [0.2, 0.25) is 0 Å². The highest BCUT2D eigenvalue weighted by molar-refractivity contribution is 5.86. The van der Waals surface area contributed by atoms with Crippen LogP contribution in [0.5, 0.6) is 0 Å². The van der Waals surface area contributed by atoms with E-state index in [0.717, 1.165) is 43.5 Å². The van der Waals surface area contributed by atoms with Crippen LogP contribution >= 0.6 is 0 Å². The van der Waals surface area contributed by atoms with Crippen LogP contribution in [0, 0.1) is 0 Å². The lowest BCUT2D eigenvalue weighted by atomic mass is 10.0. The Morgan fingerprint density at radius 2 is 2.10 bits per heavy atom. The number of aryl methyl sites for hydroxylation is 1. The second-order valence-corrected chi connectivity index (χ2v) is 7.27. The van der Waals surface area contributed by atoms with E-state index in [2.05, 4.69) is 70.1 Å². The molecule has 4 rings (SSSR count). The van der Waals surface area contributed by atoms with E-state index in [0.29, 0.717) is 13.2 Å². The first kappa shape index (κ1) is 19.4. The molecule has 7 heteroatoms. The molecule has 2 heterocycles.